The SMILES string of the molecule is C=C(CCCSc1ccc(OC)cc1)OC. The Morgan fingerprint density at radius 1 is 1.25 bits per heavy atom. The average Bonchev–Trinajstić information content (AvgIpc) is 2.35. The van der Waals surface area contributed by atoms with E-state index in [1.807, 2.05) is 23.9 Å². The van der Waals surface area contributed by atoms with Crippen LogP contribution in [0.25, 0.3) is 0 Å². The zero-order valence-electron chi connectivity index (χ0n) is 9.86. The van der Waals surface area contributed by atoms with E-state index in [9.17, 15) is 0 Å². The first kappa shape index (κ1) is 13.0. The van der Waals surface area contributed by atoms with Gasteiger partial charge in [-0.05, 0) is 36.4 Å². The van der Waals surface area contributed by atoms with Crippen LogP contribution >= 0.6 is 11.8 Å². The molecule has 1 aromatic rings. The quantitative estimate of drug-likeness (QED) is 0.410. The van der Waals surface area contributed by atoms with E-state index in [2.05, 4.69) is 18.7 Å². The second-order valence-corrected chi connectivity index (χ2v) is 4.54. The number of thioether (sulfide) groups is 1. The molecule has 16 heavy (non-hydrogen) atoms. The lowest BCUT2D eigenvalue weighted by Gasteiger charge is -2.05. The first-order valence-corrected chi connectivity index (χ1v) is 6.23. The van der Waals surface area contributed by atoms with Gasteiger partial charge in [0.25, 0.3) is 0 Å². The van der Waals surface area contributed by atoms with E-state index in [1.165, 1.54) is 4.90 Å². The van der Waals surface area contributed by atoms with Crippen molar-refractivity contribution in [2.24, 2.45) is 0 Å². The minimum atomic E-state index is 0.857. The molecule has 1 rings (SSSR count). The first-order valence-electron chi connectivity index (χ1n) is 5.25. The monoisotopic (exact) mass is 238 g/mol. The lowest BCUT2D eigenvalue weighted by Crippen LogP contribution is -1.87. The van der Waals surface area contributed by atoms with Gasteiger partial charge in [0.1, 0.15) is 5.75 Å². The van der Waals surface area contributed by atoms with Crippen LogP contribution < -0.4 is 4.74 Å². The molecule has 0 aliphatic heterocycles. The first-order chi connectivity index (χ1) is 7.76. The maximum Gasteiger partial charge on any atom is 0.118 e. The highest BCUT2D eigenvalue weighted by Crippen LogP contribution is 2.22. The Balaban J connectivity index is 2.24. The van der Waals surface area contributed by atoms with Crippen LogP contribution in [0.3, 0.4) is 0 Å². The third kappa shape index (κ3) is 4.62. The van der Waals surface area contributed by atoms with Gasteiger partial charge in [0.15, 0.2) is 0 Å². The molecule has 1 aromatic carbocycles. The van der Waals surface area contributed by atoms with E-state index in [0.717, 1.165) is 30.1 Å². The summed E-state index contributed by atoms with van der Waals surface area (Å²) >= 11 is 1.84. The minimum absolute atomic E-state index is 0.857. The largest absolute Gasteiger partial charge is 0.502 e. The molecule has 0 N–H and O–H groups in total. The number of allylic oxidation sites excluding steroid dienone is 1. The summed E-state index contributed by atoms with van der Waals surface area (Å²) in [4.78, 5) is 1.27. The normalized spacial score (nSPS) is 9.88. The van der Waals surface area contributed by atoms with Crippen LogP contribution in [-0.4, -0.2) is 20.0 Å². The number of hydrogen-bond acceptors (Lipinski definition) is 3. The van der Waals surface area contributed by atoms with E-state index in [0.29, 0.717) is 0 Å². The van der Waals surface area contributed by atoms with Crippen LogP contribution in [0, 0.1) is 0 Å². The van der Waals surface area contributed by atoms with Crippen LogP contribution in [0.1, 0.15) is 12.8 Å². The Hall–Kier alpha value is -1.09. The molecule has 0 aliphatic carbocycles. The lowest BCUT2D eigenvalue weighted by atomic mass is 10.3. The van der Waals surface area contributed by atoms with Gasteiger partial charge in [0, 0.05) is 11.3 Å². The maximum atomic E-state index is 5.10. The van der Waals surface area contributed by atoms with Gasteiger partial charge in [-0.1, -0.05) is 6.58 Å². The summed E-state index contributed by atoms with van der Waals surface area (Å²) in [5.41, 5.74) is 0. The average molecular weight is 238 g/mol. The van der Waals surface area contributed by atoms with Crippen LogP contribution in [-0.2, 0) is 4.74 Å². The van der Waals surface area contributed by atoms with E-state index < -0.39 is 0 Å². The van der Waals surface area contributed by atoms with Crippen molar-refractivity contribution in [2.75, 3.05) is 20.0 Å². The fourth-order valence-electron chi connectivity index (χ4n) is 1.23. The zero-order chi connectivity index (χ0) is 11.8. The van der Waals surface area contributed by atoms with E-state index in [-0.39, 0.29) is 0 Å². The minimum Gasteiger partial charge on any atom is -0.502 e. The van der Waals surface area contributed by atoms with Crippen molar-refractivity contribution >= 4 is 11.8 Å². The third-order valence-electron chi connectivity index (χ3n) is 2.22. The molecule has 0 bridgehead atoms. The summed E-state index contributed by atoms with van der Waals surface area (Å²) in [6.07, 6.45) is 2.02. The predicted molar refractivity (Wildman–Crippen MR) is 69.1 cm³/mol. The summed E-state index contributed by atoms with van der Waals surface area (Å²) in [7, 11) is 3.34. The highest BCUT2D eigenvalue weighted by Gasteiger charge is 1.97. The number of methoxy groups -OCH3 is 2. The number of rotatable bonds is 7. The molecule has 0 atom stereocenters. The maximum absolute atomic E-state index is 5.10. The Bertz CT molecular complexity index is 319. The van der Waals surface area contributed by atoms with E-state index in [4.69, 9.17) is 9.47 Å². The molecule has 0 radical (unpaired) electrons. The Morgan fingerprint density at radius 2 is 1.94 bits per heavy atom. The van der Waals surface area contributed by atoms with Crippen molar-refractivity contribution in [1.82, 2.24) is 0 Å². The van der Waals surface area contributed by atoms with Crippen LogP contribution in [0.15, 0.2) is 41.5 Å². The van der Waals surface area contributed by atoms with Gasteiger partial charge in [-0.15, -0.1) is 11.8 Å². The van der Waals surface area contributed by atoms with Crippen molar-refractivity contribution in [2.45, 2.75) is 17.7 Å². The molecule has 0 heterocycles. The van der Waals surface area contributed by atoms with Crippen molar-refractivity contribution in [3.8, 4) is 5.75 Å². The van der Waals surface area contributed by atoms with Crippen molar-refractivity contribution in [3.05, 3.63) is 36.6 Å². The third-order valence-corrected chi connectivity index (χ3v) is 3.32. The van der Waals surface area contributed by atoms with Gasteiger partial charge < -0.3 is 9.47 Å². The molecule has 2 nitrogen and oxygen atoms in total. The highest BCUT2D eigenvalue weighted by molar-refractivity contribution is 7.99. The molecule has 0 spiro atoms. The smallest absolute Gasteiger partial charge is 0.118 e. The van der Waals surface area contributed by atoms with Gasteiger partial charge in [-0.2, -0.15) is 0 Å². The molecule has 0 aliphatic rings. The van der Waals surface area contributed by atoms with Gasteiger partial charge in [0.2, 0.25) is 0 Å². The molecule has 0 unspecified atom stereocenters. The zero-order valence-corrected chi connectivity index (χ0v) is 10.7. The van der Waals surface area contributed by atoms with Crippen LogP contribution in [0.4, 0.5) is 0 Å². The summed E-state index contributed by atoms with van der Waals surface area (Å²) in [5, 5.41) is 0. The fraction of sp³-hybridized carbons (Fsp3) is 0.385. The molecule has 0 amide bonds. The molecule has 0 fully saturated rings. The van der Waals surface area contributed by atoms with Crippen molar-refractivity contribution < 1.29 is 9.47 Å². The molecule has 0 saturated carbocycles. The van der Waals surface area contributed by atoms with Crippen molar-refractivity contribution in [1.29, 1.82) is 0 Å². The summed E-state index contributed by atoms with van der Waals surface area (Å²) < 4.78 is 10.1. The van der Waals surface area contributed by atoms with E-state index in [1.54, 1.807) is 14.2 Å². The summed E-state index contributed by atoms with van der Waals surface area (Å²) in [6.45, 7) is 3.79. The van der Waals surface area contributed by atoms with Crippen molar-refractivity contribution in [3.63, 3.8) is 0 Å². The molecule has 3 heteroatoms. The fourth-order valence-corrected chi connectivity index (χ4v) is 2.09. The van der Waals surface area contributed by atoms with Gasteiger partial charge in [-0.25, -0.2) is 0 Å². The predicted octanol–water partition coefficient (Wildman–Crippen LogP) is 3.73. The van der Waals surface area contributed by atoms with Crippen LogP contribution in [0.2, 0.25) is 0 Å². The second-order valence-electron chi connectivity index (χ2n) is 3.37. The molecule has 88 valence electrons. The lowest BCUT2D eigenvalue weighted by molar-refractivity contribution is 0.278. The number of benzene rings is 1. The standard InChI is InChI=1S/C13H18O2S/c1-11(14-2)5-4-10-16-13-8-6-12(15-3)7-9-13/h6-9H,1,4-5,10H2,2-3H3. The van der Waals surface area contributed by atoms with Gasteiger partial charge in [-0.3, -0.25) is 0 Å². The molecule has 0 aromatic heterocycles. The van der Waals surface area contributed by atoms with Gasteiger partial charge in [0.05, 0.1) is 20.0 Å². The van der Waals surface area contributed by atoms with Gasteiger partial charge >= 0.3 is 0 Å². The number of hydrogen-bond donors (Lipinski definition) is 0. The molecule has 0 saturated heterocycles. The number of ether oxygens (including phenoxy) is 2. The Morgan fingerprint density at radius 3 is 2.50 bits per heavy atom. The Kier molecular flexibility index (Phi) is 5.86. The summed E-state index contributed by atoms with van der Waals surface area (Å²) in [6, 6.07) is 8.12. The second kappa shape index (κ2) is 7.23. The molecular weight excluding hydrogens is 220 g/mol. The summed E-state index contributed by atoms with van der Waals surface area (Å²) in [5.74, 6) is 2.83. The van der Waals surface area contributed by atoms with Crippen LogP contribution in [0.5, 0.6) is 5.75 Å². The topological polar surface area (TPSA) is 18.5 Å². The Labute approximate surface area is 102 Å². The van der Waals surface area contributed by atoms with E-state index >= 15 is 0 Å². The highest BCUT2D eigenvalue weighted by atomic mass is 32.2. The molecular formula is C13H18O2S.